The van der Waals surface area contributed by atoms with E-state index in [1.807, 2.05) is 42.0 Å². The molecule has 140 valence electrons. The minimum absolute atomic E-state index is 0.0701. The molecule has 6 heteroatoms. The van der Waals surface area contributed by atoms with Crippen molar-refractivity contribution in [2.45, 2.75) is 25.9 Å². The molecule has 0 unspecified atom stereocenters. The Morgan fingerprint density at radius 1 is 1.19 bits per heavy atom. The summed E-state index contributed by atoms with van der Waals surface area (Å²) < 4.78 is 7.42. The smallest absolute Gasteiger partial charge is 0.234 e. The SMILES string of the molecule is CCOc1ccc(NC(=O)CSc2nccn2-c2ccc(C)cc2C)cc1. The minimum Gasteiger partial charge on any atom is -0.494 e. The van der Waals surface area contributed by atoms with Crippen molar-refractivity contribution in [1.29, 1.82) is 0 Å². The van der Waals surface area contributed by atoms with Gasteiger partial charge >= 0.3 is 0 Å². The number of amides is 1. The zero-order valence-electron chi connectivity index (χ0n) is 15.7. The summed E-state index contributed by atoms with van der Waals surface area (Å²) in [5.41, 5.74) is 4.23. The number of carbonyl (C=O) groups excluding carboxylic acids is 1. The average Bonchev–Trinajstić information content (AvgIpc) is 3.10. The third-order valence-corrected chi connectivity index (χ3v) is 4.97. The lowest BCUT2D eigenvalue weighted by molar-refractivity contribution is -0.113. The van der Waals surface area contributed by atoms with E-state index in [2.05, 4.69) is 42.3 Å². The number of imidazole rings is 1. The van der Waals surface area contributed by atoms with Crippen LogP contribution in [0.1, 0.15) is 18.1 Å². The third-order valence-electron chi connectivity index (χ3n) is 4.00. The van der Waals surface area contributed by atoms with E-state index in [1.165, 1.54) is 22.9 Å². The van der Waals surface area contributed by atoms with Gasteiger partial charge in [-0.25, -0.2) is 4.98 Å². The van der Waals surface area contributed by atoms with Crippen LogP contribution in [-0.4, -0.2) is 27.8 Å². The molecule has 0 saturated heterocycles. The minimum atomic E-state index is -0.0701. The van der Waals surface area contributed by atoms with Crippen molar-refractivity contribution in [3.63, 3.8) is 0 Å². The number of hydrogen-bond acceptors (Lipinski definition) is 4. The van der Waals surface area contributed by atoms with E-state index < -0.39 is 0 Å². The van der Waals surface area contributed by atoms with Gasteiger partial charge in [0.2, 0.25) is 5.91 Å². The van der Waals surface area contributed by atoms with Gasteiger partial charge in [-0.2, -0.15) is 0 Å². The molecule has 0 radical (unpaired) electrons. The normalized spacial score (nSPS) is 10.6. The fourth-order valence-corrected chi connectivity index (χ4v) is 3.55. The molecule has 0 fully saturated rings. The lowest BCUT2D eigenvalue weighted by Crippen LogP contribution is -2.14. The van der Waals surface area contributed by atoms with Crippen molar-refractivity contribution in [3.05, 3.63) is 66.0 Å². The van der Waals surface area contributed by atoms with Gasteiger partial charge < -0.3 is 10.1 Å². The molecule has 1 amide bonds. The fraction of sp³-hybridized carbons (Fsp3) is 0.238. The second-order valence-electron chi connectivity index (χ2n) is 6.16. The summed E-state index contributed by atoms with van der Waals surface area (Å²) in [6, 6.07) is 13.7. The Morgan fingerprint density at radius 3 is 2.67 bits per heavy atom. The number of nitrogens with one attached hydrogen (secondary N) is 1. The van der Waals surface area contributed by atoms with Crippen LogP contribution in [0.25, 0.3) is 5.69 Å². The van der Waals surface area contributed by atoms with Gasteiger partial charge in [0.1, 0.15) is 5.75 Å². The second-order valence-corrected chi connectivity index (χ2v) is 7.11. The molecule has 1 aromatic heterocycles. The first-order chi connectivity index (χ1) is 13.1. The maximum Gasteiger partial charge on any atom is 0.234 e. The van der Waals surface area contributed by atoms with Crippen molar-refractivity contribution in [1.82, 2.24) is 9.55 Å². The van der Waals surface area contributed by atoms with Gasteiger partial charge in [-0.15, -0.1) is 0 Å². The van der Waals surface area contributed by atoms with E-state index in [1.54, 1.807) is 6.20 Å². The van der Waals surface area contributed by atoms with Crippen molar-refractivity contribution in [2.75, 3.05) is 17.7 Å². The zero-order chi connectivity index (χ0) is 19.2. The molecule has 3 rings (SSSR count). The molecule has 2 aromatic carbocycles. The van der Waals surface area contributed by atoms with Crippen molar-refractivity contribution in [3.8, 4) is 11.4 Å². The first-order valence-corrected chi connectivity index (χ1v) is 9.82. The fourth-order valence-electron chi connectivity index (χ4n) is 2.78. The second kappa shape index (κ2) is 8.77. The number of thioether (sulfide) groups is 1. The van der Waals surface area contributed by atoms with Gasteiger partial charge in [0, 0.05) is 18.1 Å². The van der Waals surface area contributed by atoms with Crippen LogP contribution in [0.5, 0.6) is 5.75 Å². The van der Waals surface area contributed by atoms with E-state index in [-0.39, 0.29) is 11.7 Å². The molecule has 0 aliphatic rings. The molecule has 0 aliphatic heterocycles. The van der Waals surface area contributed by atoms with Crippen LogP contribution in [0.15, 0.2) is 60.0 Å². The molecular weight excluding hydrogens is 358 g/mol. The number of benzene rings is 2. The Kier molecular flexibility index (Phi) is 6.19. The standard InChI is InChI=1S/C21H23N3O2S/c1-4-26-18-8-6-17(7-9-18)23-20(25)14-27-21-22-11-12-24(21)19-10-5-15(2)13-16(19)3/h5-13H,4,14H2,1-3H3,(H,23,25). The lowest BCUT2D eigenvalue weighted by atomic mass is 10.1. The Morgan fingerprint density at radius 2 is 1.96 bits per heavy atom. The Balaban J connectivity index is 1.62. The summed E-state index contributed by atoms with van der Waals surface area (Å²) in [6.45, 7) is 6.71. The van der Waals surface area contributed by atoms with Gasteiger partial charge in [-0.05, 0) is 56.7 Å². The topological polar surface area (TPSA) is 56.1 Å². The van der Waals surface area contributed by atoms with Crippen LogP contribution in [0.3, 0.4) is 0 Å². The number of ether oxygens (including phenoxy) is 1. The molecule has 1 N–H and O–H groups in total. The molecular formula is C21H23N3O2S. The molecule has 5 nitrogen and oxygen atoms in total. The van der Waals surface area contributed by atoms with Crippen LogP contribution in [-0.2, 0) is 4.79 Å². The third kappa shape index (κ3) is 4.92. The maximum atomic E-state index is 12.3. The summed E-state index contributed by atoms with van der Waals surface area (Å²) >= 11 is 1.42. The average molecular weight is 382 g/mol. The highest BCUT2D eigenvalue weighted by molar-refractivity contribution is 7.99. The molecule has 3 aromatic rings. The number of anilines is 1. The van der Waals surface area contributed by atoms with E-state index in [9.17, 15) is 4.79 Å². The molecule has 1 heterocycles. The van der Waals surface area contributed by atoms with Gasteiger partial charge in [-0.3, -0.25) is 9.36 Å². The molecule has 0 spiro atoms. The Bertz CT molecular complexity index is 919. The van der Waals surface area contributed by atoms with Crippen LogP contribution in [0.4, 0.5) is 5.69 Å². The van der Waals surface area contributed by atoms with Gasteiger partial charge in [0.25, 0.3) is 0 Å². The molecule has 27 heavy (non-hydrogen) atoms. The van der Waals surface area contributed by atoms with Crippen molar-refractivity contribution < 1.29 is 9.53 Å². The van der Waals surface area contributed by atoms with Crippen LogP contribution < -0.4 is 10.1 Å². The van der Waals surface area contributed by atoms with Crippen LogP contribution in [0.2, 0.25) is 0 Å². The number of carbonyl (C=O) groups is 1. The molecule has 0 atom stereocenters. The van der Waals surface area contributed by atoms with Gasteiger partial charge in [-0.1, -0.05) is 29.5 Å². The summed E-state index contributed by atoms with van der Waals surface area (Å²) in [5.74, 6) is 1.01. The number of nitrogens with zero attached hydrogens (tertiary/aromatic N) is 2. The van der Waals surface area contributed by atoms with E-state index in [4.69, 9.17) is 4.74 Å². The molecule has 0 saturated carbocycles. The summed E-state index contributed by atoms with van der Waals surface area (Å²) in [5, 5.41) is 3.69. The van der Waals surface area contributed by atoms with E-state index in [0.29, 0.717) is 6.61 Å². The Labute approximate surface area is 163 Å². The highest BCUT2D eigenvalue weighted by atomic mass is 32.2. The maximum absolute atomic E-state index is 12.3. The van der Waals surface area contributed by atoms with Gasteiger partial charge in [0.15, 0.2) is 5.16 Å². The summed E-state index contributed by atoms with van der Waals surface area (Å²) in [7, 11) is 0. The predicted molar refractivity (Wildman–Crippen MR) is 110 cm³/mol. The number of aromatic nitrogens is 2. The van der Waals surface area contributed by atoms with Crippen LogP contribution in [0, 0.1) is 13.8 Å². The zero-order valence-corrected chi connectivity index (χ0v) is 16.5. The lowest BCUT2D eigenvalue weighted by Gasteiger charge is -2.11. The highest BCUT2D eigenvalue weighted by Crippen LogP contribution is 2.24. The quantitative estimate of drug-likeness (QED) is 0.607. The van der Waals surface area contributed by atoms with Crippen LogP contribution >= 0.6 is 11.8 Å². The summed E-state index contributed by atoms with van der Waals surface area (Å²) in [6.07, 6.45) is 3.68. The number of rotatable bonds is 7. The first kappa shape index (κ1) is 19.0. The van der Waals surface area contributed by atoms with E-state index in [0.717, 1.165) is 22.3 Å². The number of aryl methyl sites for hydroxylation is 2. The van der Waals surface area contributed by atoms with Gasteiger partial charge in [0.05, 0.1) is 18.0 Å². The first-order valence-electron chi connectivity index (χ1n) is 8.83. The monoisotopic (exact) mass is 381 g/mol. The van der Waals surface area contributed by atoms with Crippen molar-refractivity contribution in [2.24, 2.45) is 0 Å². The number of hydrogen-bond donors (Lipinski definition) is 1. The van der Waals surface area contributed by atoms with E-state index >= 15 is 0 Å². The Hall–Kier alpha value is -2.73. The van der Waals surface area contributed by atoms with Crippen molar-refractivity contribution >= 4 is 23.4 Å². The summed E-state index contributed by atoms with van der Waals surface area (Å²) in [4.78, 5) is 16.7. The molecule has 0 bridgehead atoms. The molecule has 0 aliphatic carbocycles. The predicted octanol–water partition coefficient (Wildman–Crippen LogP) is 4.62. The largest absolute Gasteiger partial charge is 0.494 e. The highest BCUT2D eigenvalue weighted by Gasteiger charge is 2.11.